The molecule has 0 spiro atoms. The number of rotatable bonds is 5. The van der Waals surface area contributed by atoms with Gasteiger partial charge in [-0.1, -0.05) is 18.5 Å². The molecule has 28 heavy (non-hydrogen) atoms. The van der Waals surface area contributed by atoms with Crippen molar-refractivity contribution in [2.24, 2.45) is 0 Å². The van der Waals surface area contributed by atoms with Gasteiger partial charge in [0.1, 0.15) is 11.9 Å². The van der Waals surface area contributed by atoms with Crippen LogP contribution in [0.15, 0.2) is 18.2 Å². The van der Waals surface area contributed by atoms with Crippen LogP contribution in [0.25, 0.3) is 0 Å². The fraction of sp³-hybridized carbons (Fsp3) is 0.650. The van der Waals surface area contributed by atoms with Crippen molar-refractivity contribution in [2.75, 3.05) is 25.9 Å². The summed E-state index contributed by atoms with van der Waals surface area (Å²) in [6, 6.07) is 5.52. The lowest BCUT2D eigenvalue weighted by Crippen LogP contribution is -2.43. The number of halogens is 1. The molecule has 6 nitrogen and oxygen atoms in total. The summed E-state index contributed by atoms with van der Waals surface area (Å²) in [5.41, 5.74) is 0.588. The Morgan fingerprint density at radius 2 is 1.89 bits per heavy atom. The van der Waals surface area contributed by atoms with Gasteiger partial charge < -0.3 is 9.64 Å². The van der Waals surface area contributed by atoms with E-state index in [0.717, 1.165) is 25.8 Å². The number of nitrogens with zero attached hydrogens (tertiary/aromatic N) is 2. The van der Waals surface area contributed by atoms with Crippen LogP contribution in [0, 0.1) is 0 Å². The molecule has 8 heteroatoms. The van der Waals surface area contributed by atoms with Crippen molar-refractivity contribution < 1.29 is 17.9 Å². The van der Waals surface area contributed by atoms with Crippen molar-refractivity contribution in [2.45, 2.75) is 57.6 Å². The van der Waals surface area contributed by atoms with Gasteiger partial charge in [0.25, 0.3) is 5.91 Å². The van der Waals surface area contributed by atoms with Crippen LogP contribution in [-0.2, 0) is 10.0 Å². The number of hydrogen-bond acceptors (Lipinski definition) is 4. The highest BCUT2D eigenvalue weighted by Gasteiger charge is 2.28. The van der Waals surface area contributed by atoms with Crippen LogP contribution >= 0.6 is 11.6 Å². The maximum Gasteiger partial charge on any atom is 0.254 e. The minimum absolute atomic E-state index is 0.0291. The zero-order valence-corrected chi connectivity index (χ0v) is 18.1. The standard InChI is InChI=1S/C20H29ClN2O4S/c1-3-16-6-4-5-11-23(16)20(24)15-7-8-19(18(21)14-15)27-17-9-12-22(13-10-17)28(2,25)26/h7-8,14,16-17H,3-6,9-13H2,1-2H3/t16-/m0/s1. The predicted molar refractivity (Wildman–Crippen MR) is 110 cm³/mol. The Kier molecular flexibility index (Phi) is 6.89. The fourth-order valence-corrected chi connectivity index (χ4v) is 5.15. The van der Waals surface area contributed by atoms with Crippen molar-refractivity contribution in [1.82, 2.24) is 9.21 Å². The Balaban J connectivity index is 1.64. The minimum atomic E-state index is -3.15. The number of piperidine rings is 2. The van der Waals surface area contributed by atoms with Crippen LogP contribution < -0.4 is 4.74 Å². The molecule has 0 aromatic heterocycles. The van der Waals surface area contributed by atoms with Crippen LogP contribution in [0.2, 0.25) is 5.02 Å². The normalized spacial score (nSPS) is 22.2. The van der Waals surface area contributed by atoms with E-state index in [2.05, 4.69) is 6.92 Å². The van der Waals surface area contributed by atoms with E-state index in [9.17, 15) is 13.2 Å². The van der Waals surface area contributed by atoms with E-state index in [-0.39, 0.29) is 12.0 Å². The number of sulfonamides is 1. The van der Waals surface area contributed by atoms with Crippen LogP contribution in [0.3, 0.4) is 0 Å². The number of ether oxygens (including phenoxy) is 1. The second-order valence-electron chi connectivity index (χ2n) is 7.68. The van der Waals surface area contributed by atoms with Gasteiger partial charge >= 0.3 is 0 Å². The predicted octanol–water partition coefficient (Wildman–Crippen LogP) is 3.55. The zero-order valence-electron chi connectivity index (χ0n) is 16.6. The van der Waals surface area contributed by atoms with Crippen molar-refractivity contribution in [3.8, 4) is 5.75 Å². The molecule has 2 heterocycles. The highest BCUT2D eigenvalue weighted by Crippen LogP contribution is 2.30. The molecule has 3 rings (SSSR count). The van der Waals surface area contributed by atoms with Gasteiger partial charge in [0.2, 0.25) is 10.0 Å². The highest BCUT2D eigenvalue weighted by atomic mass is 35.5. The summed E-state index contributed by atoms with van der Waals surface area (Å²) < 4.78 is 30.7. The Hall–Kier alpha value is -1.31. The Bertz CT molecular complexity index is 806. The number of carbonyl (C=O) groups is 1. The lowest BCUT2D eigenvalue weighted by molar-refractivity contribution is 0.0608. The maximum atomic E-state index is 12.9. The molecular formula is C20H29ClN2O4S. The zero-order chi connectivity index (χ0) is 20.3. The number of amides is 1. The van der Waals surface area contributed by atoms with E-state index >= 15 is 0 Å². The first kappa shape index (κ1) is 21.4. The second-order valence-corrected chi connectivity index (χ2v) is 10.1. The summed E-state index contributed by atoms with van der Waals surface area (Å²) >= 11 is 6.40. The molecule has 2 aliphatic rings. The summed E-state index contributed by atoms with van der Waals surface area (Å²) in [6.45, 7) is 3.82. The molecule has 2 aliphatic heterocycles. The molecule has 0 saturated carbocycles. The highest BCUT2D eigenvalue weighted by molar-refractivity contribution is 7.88. The molecule has 1 amide bonds. The van der Waals surface area contributed by atoms with Gasteiger partial charge in [-0.3, -0.25) is 4.79 Å². The molecule has 0 aliphatic carbocycles. The average Bonchev–Trinajstić information content (AvgIpc) is 2.68. The smallest absolute Gasteiger partial charge is 0.254 e. The van der Waals surface area contributed by atoms with E-state index in [1.165, 1.54) is 17.0 Å². The summed E-state index contributed by atoms with van der Waals surface area (Å²) in [5.74, 6) is 0.572. The first-order valence-corrected chi connectivity index (χ1v) is 12.2. The van der Waals surface area contributed by atoms with Crippen LogP contribution in [-0.4, -0.2) is 61.6 Å². The lowest BCUT2D eigenvalue weighted by atomic mass is 9.99. The molecule has 2 fully saturated rings. The van der Waals surface area contributed by atoms with Gasteiger partial charge in [-0.25, -0.2) is 12.7 Å². The molecule has 2 saturated heterocycles. The molecule has 0 N–H and O–H groups in total. The summed E-state index contributed by atoms with van der Waals surface area (Å²) in [4.78, 5) is 14.9. The quantitative estimate of drug-likeness (QED) is 0.719. The first-order valence-electron chi connectivity index (χ1n) is 10.0. The number of hydrogen-bond donors (Lipinski definition) is 0. The van der Waals surface area contributed by atoms with Gasteiger partial charge in [-0.15, -0.1) is 0 Å². The van der Waals surface area contributed by atoms with Gasteiger partial charge in [0.05, 0.1) is 11.3 Å². The van der Waals surface area contributed by atoms with E-state index < -0.39 is 10.0 Å². The van der Waals surface area contributed by atoms with Crippen molar-refractivity contribution in [1.29, 1.82) is 0 Å². The maximum absolute atomic E-state index is 12.9. The van der Waals surface area contributed by atoms with Crippen molar-refractivity contribution >= 4 is 27.5 Å². The molecule has 1 aromatic rings. The molecule has 0 radical (unpaired) electrons. The number of benzene rings is 1. The Morgan fingerprint density at radius 1 is 1.18 bits per heavy atom. The number of likely N-dealkylation sites (tertiary alicyclic amines) is 1. The van der Waals surface area contributed by atoms with E-state index in [1.54, 1.807) is 18.2 Å². The molecule has 1 atom stereocenters. The Labute approximate surface area is 172 Å². The van der Waals surface area contributed by atoms with Gasteiger partial charge in [-0.05, 0) is 56.7 Å². The topological polar surface area (TPSA) is 66.9 Å². The summed E-state index contributed by atoms with van der Waals surface area (Å²) in [5, 5.41) is 0.418. The third-order valence-electron chi connectivity index (χ3n) is 5.70. The van der Waals surface area contributed by atoms with Crippen LogP contribution in [0.5, 0.6) is 5.75 Å². The largest absolute Gasteiger partial charge is 0.489 e. The molecule has 0 unspecified atom stereocenters. The van der Waals surface area contributed by atoms with Gasteiger partial charge in [-0.2, -0.15) is 0 Å². The molecule has 1 aromatic carbocycles. The van der Waals surface area contributed by atoms with E-state index in [1.807, 2.05) is 4.90 Å². The molecule has 0 bridgehead atoms. The molecular weight excluding hydrogens is 400 g/mol. The van der Waals surface area contributed by atoms with Gasteiger partial charge in [0.15, 0.2) is 0 Å². The summed E-state index contributed by atoms with van der Waals surface area (Å²) in [6.07, 6.45) is 6.63. The van der Waals surface area contributed by atoms with E-state index in [0.29, 0.717) is 48.3 Å². The summed E-state index contributed by atoms with van der Waals surface area (Å²) in [7, 11) is -3.15. The fourth-order valence-electron chi connectivity index (χ4n) is 4.05. The van der Waals surface area contributed by atoms with Crippen LogP contribution in [0.1, 0.15) is 55.8 Å². The van der Waals surface area contributed by atoms with Crippen molar-refractivity contribution in [3.63, 3.8) is 0 Å². The van der Waals surface area contributed by atoms with Crippen molar-refractivity contribution in [3.05, 3.63) is 28.8 Å². The molecule has 156 valence electrons. The third kappa shape index (κ3) is 4.99. The number of carbonyl (C=O) groups excluding carboxylic acids is 1. The van der Waals surface area contributed by atoms with E-state index in [4.69, 9.17) is 16.3 Å². The first-order chi connectivity index (χ1) is 13.3. The van der Waals surface area contributed by atoms with Gasteiger partial charge in [0, 0.05) is 31.2 Å². The van der Waals surface area contributed by atoms with Crippen LogP contribution in [0.4, 0.5) is 0 Å². The monoisotopic (exact) mass is 428 g/mol. The second kappa shape index (κ2) is 9.01. The average molecular weight is 429 g/mol. The third-order valence-corrected chi connectivity index (χ3v) is 7.30. The minimum Gasteiger partial charge on any atom is -0.489 e. The SMILES string of the molecule is CC[C@H]1CCCCN1C(=O)c1ccc(OC2CCN(S(C)(=O)=O)CC2)c(Cl)c1. The lowest BCUT2D eigenvalue weighted by Gasteiger charge is -2.35. The Morgan fingerprint density at radius 3 is 2.50 bits per heavy atom.